The molecule has 5 nitrogen and oxygen atoms in total. The minimum atomic E-state index is -1.04. The molecule has 3 rings (SSSR count). The van der Waals surface area contributed by atoms with Crippen molar-refractivity contribution in [2.45, 2.75) is 18.9 Å². The van der Waals surface area contributed by atoms with Gasteiger partial charge < -0.3 is 15.7 Å². The molecule has 1 saturated carbocycles. The first kappa shape index (κ1) is 9.45. The number of carbonyl (C=O) groups is 2. The predicted octanol–water partition coefficient (Wildman–Crippen LogP) is -0.733. The first-order valence-corrected chi connectivity index (χ1v) is 4.85. The Balaban J connectivity index is 1.92. The third-order valence-electron chi connectivity index (χ3n) is 3.11. The molecule has 1 amide bonds. The van der Waals surface area contributed by atoms with Crippen molar-refractivity contribution in [1.82, 2.24) is 4.90 Å². The minimum absolute atomic E-state index is 0.0872. The molecule has 1 aliphatic carbocycles. The molecular formula is C9H14N2O3. The summed E-state index contributed by atoms with van der Waals surface area (Å²) in [4.78, 5) is 23.7. The summed E-state index contributed by atoms with van der Waals surface area (Å²) in [5.74, 6) is -0.227. The molecule has 0 spiro atoms. The fraction of sp³-hybridized carbons (Fsp3) is 0.778. The van der Waals surface area contributed by atoms with Crippen LogP contribution in [0.1, 0.15) is 12.8 Å². The minimum Gasteiger partial charge on any atom is -0.480 e. The van der Waals surface area contributed by atoms with Gasteiger partial charge in [-0.1, -0.05) is 0 Å². The molecule has 2 heterocycles. The number of rotatable bonds is 3. The van der Waals surface area contributed by atoms with Crippen LogP contribution in [0.25, 0.3) is 0 Å². The molecule has 5 heteroatoms. The van der Waals surface area contributed by atoms with Gasteiger partial charge in [0.05, 0.1) is 0 Å². The Morgan fingerprint density at radius 1 is 1.64 bits per heavy atom. The number of carbonyl (C=O) groups excluding carboxylic acids is 1. The summed E-state index contributed by atoms with van der Waals surface area (Å²) in [7, 11) is 0. The van der Waals surface area contributed by atoms with Crippen LogP contribution in [0, 0.1) is 11.8 Å². The number of carboxylic acid groups (broad SMARTS) is 1. The predicted molar refractivity (Wildman–Crippen MR) is 48.4 cm³/mol. The van der Waals surface area contributed by atoms with E-state index >= 15 is 0 Å². The van der Waals surface area contributed by atoms with Crippen molar-refractivity contribution in [2.75, 3.05) is 13.1 Å². The van der Waals surface area contributed by atoms with Gasteiger partial charge in [-0.3, -0.25) is 9.59 Å². The van der Waals surface area contributed by atoms with Crippen LogP contribution in [0.15, 0.2) is 0 Å². The smallest absolute Gasteiger partial charge is 0.322 e. The number of aliphatic carboxylic acids is 1. The molecule has 14 heavy (non-hydrogen) atoms. The van der Waals surface area contributed by atoms with Crippen LogP contribution < -0.4 is 5.73 Å². The molecule has 3 N–H and O–H groups in total. The highest BCUT2D eigenvalue weighted by Gasteiger charge is 2.43. The van der Waals surface area contributed by atoms with Gasteiger partial charge in [-0.2, -0.15) is 0 Å². The van der Waals surface area contributed by atoms with Gasteiger partial charge in [0.15, 0.2) is 0 Å². The summed E-state index contributed by atoms with van der Waals surface area (Å²) in [6, 6.07) is -0.948. The zero-order valence-electron chi connectivity index (χ0n) is 7.85. The van der Waals surface area contributed by atoms with Crippen molar-refractivity contribution in [3.8, 4) is 0 Å². The zero-order valence-corrected chi connectivity index (χ0v) is 7.85. The second kappa shape index (κ2) is 3.24. The van der Waals surface area contributed by atoms with E-state index in [2.05, 4.69) is 0 Å². The van der Waals surface area contributed by atoms with Crippen molar-refractivity contribution in [3.05, 3.63) is 0 Å². The van der Waals surface area contributed by atoms with E-state index in [1.807, 2.05) is 0 Å². The van der Waals surface area contributed by atoms with Crippen LogP contribution in [0.3, 0.4) is 0 Å². The molecule has 1 unspecified atom stereocenters. The van der Waals surface area contributed by atoms with Gasteiger partial charge >= 0.3 is 5.97 Å². The fourth-order valence-electron chi connectivity index (χ4n) is 2.23. The maximum atomic E-state index is 11.6. The Kier molecular flexibility index (Phi) is 2.19. The molecule has 78 valence electrons. The summed E-state index contributed by atoms with van der Waals surface area (Å²) >= 11 is 0. The quantitative estimate of drug-likeness (QED) is 0.626. The van der Waals surface area contributed by atoms with Gasteiger partial charge in [0.25, 0.3) is 0 Å². The molecule has 0 aromatic carbocycles. The number of fused-ring (bicyclic) bond motifs is 2. The SMILES string of the molecule is NC(CN1CC2CC(C2)C1=O)C(=O)O. The summed E-state index contributed by atoms with van der Waals surface area (Å²) in [6.45, 7) is 0.845. The molecule has 2 aliphatic heterocycles. The third kappa shape index (κ3) is 1.48. The van der Waals surface area contributed by atoms with Crippen LogP contribution in [0.4, 0.5) is 0 Å². The average Bonchev–Trinajstić information content (AvgIpc) is 2.05. The lowest BCUT2D eigenvalue weighted by molar-refractivity contribution is -0.151. The second-order valence-electron chi connectivity index (χ2n) is 4.22. The van der Waals surface area contributed by atoms with Crippen molar-refractivity contribution >= 4 is 11.9 Å². The van der Waals surface area contributed by atoms with E-state index in [9.17, 15) is 9.59 Å². The molecule has 0 aromatic heterocycles. The van der Waals surface area contributed by atoms with Gasteiger partial charge in [-0.25, -0.2) is 0 Å². The number of carboxylic acids is 1. The molecule has 0 radical (unpaired) electrons. The summed E-state index contributed by atoms with van der Waals surface area (Å²) in [5.41, 5.74) is 5.38. The van der Waals surface area contributed by atoms with E-state index < -0.39 is 12.0 Å². The highest BCUT2D eigenvalue weighted by molar-refractivity contribution is 5.82. The number of amides is 1. The lowest BCUT2D eigenvalue weighted by atomic mass is 9.70. The van der Waals surface area contributed by atoms with Crippen LogP contribution >= 0.6 is 0 Å². The lowest BCUT2D eigenvalue weighted by Crippen LogP contribution is -2.56. The Labute approximate surface area is 81.9 Å². The van der Waals surface area contributed by atoms with E-state index in [1.165, 1.54) is 0 Å². The monoisotopic (exact) mass is 198 g/mol. The van der Waals surface area contributed by atoms with Crippen LogP contribution in [-0.2, 0) is 9.59 Å². The van der Waals surface area contributed by atoms with E-state index in [0.29, 0.717) is 12.5 Å². The number of piperidine rings is 2. The van der Waals surface area contributed by atoms with E-state index in [0.717, 1.165) is 12.8 Å². The summed E-state index contributed by atoms with van der Waals surface area (Å²) in [6.07, 6.45) is 1.97. The topological polar surface area (TPSA) is 83.6 Å². The van der Waals surface area contributed by atoms with Crippen molar-refractivity contribution in [3.63, 3.8) is 0 Å². The van der Waals surface area contributed by atoms with E-state index in [-0.39, 0.29) is 18.4 Å². The molecule has 1 atom stereocenters. The van der Waals surface area contributed by atoms with E-state index in [1.54, 1.807) is 4.90 Å². The first-order valence-electron chi connectivity index (χ1n) is 4.85. The summed E-state index contributed by atoms with van der Waals surface area (Å²) in [5, 5.41) is 8.61. The van der Waals surface area contributed by atoms with Gasteiger partial charge in [0, 0.05) is 19.0 Å². The van der Waals surface area contributed by atoms with E-state index in [4.69, 9.17) is 10.8 Å². The lowest BCUT2D eigenvalue weighted by Gasteiger charge is -2.46. The standard InChI is InChI=1S/C9H14N2O3/c10-7(9(13)14)4-11-3-5-1-6(2-5)8(11)12/h5-7H,1-4,10H2,(H,13,14). The average molecular weight is 198 g/mol. The van der Waals surface area contributed by atoms with Gasteiger partial charge in [0.1, 0.15) is 6.04 Å². The maximum absolute atomic E-state index is 11.6. The van der Waals surface area contributed by atoms with Crippen LogP contribution in [0.5, 0.6) is 0 Å². The van der Waals surface area contributed by atoms with Crippen molar-refractivity contribution in [1.29, 1.82) is 0 Å². The molecule has 0 aromatic rings. The Hall–Kier alpha value is -1.10. The highest BCUT2D eigenvalue weighted by atomic mass is 16.4. The molecule has 2 saturated heterocycles. The first-order chi connectivity index (χ1) is 6.58. The molecular weight excluding hydrogens is 184 g/mol. The number of hydrogen-bond acceptors (Lipinski definition) is 3. The largest absolute Gasteiger partial charge is 0.480 e. The molecule has 2 bridgehead atoms. The summed E-state index contributed by atoms with van der Waals surface area (Å²) < 4.78 is 0. The number of nitrogens with two attached hydrogens (primary N) is 1. The normalized spacial score (nSPS) is 32.4. The van der Waals surface area contributed by atoms with Crippen LogP contribution in [-0.4, -0.2) is 41.0 Å². The van der Waals surface area contributed by atoms with Gasteiger partial charge in [0.2, 0.25) is 5.91 Å². The number of nitrogens with zero attached hydrogens (tertiary/aromatic N) is 1. The third-order valence-corrected chi connectivity index (χ3v) is 3.11. The van der Waals surface area contributed by atoms with Crippen LogP contribution in [0.2, 0.25) is 0 Å². The second-order valence-corrected chi connectivity index (χ2v) is 4.22. The fourth-order valence-corrected chi connectivity index (χ4v) is 2.23. The Morgan fingerprint density at radius 2 is 2.29 bits per heavy atom. The maximum Gasteiger partial charge on any atom is 0.322 e. The van der Waals surface area contributed by atoms with Crippen molar-refractivity contribution in [2.24, 2.45) is 17.6 Å². The number of hydrogen-bond donors (Lipinski definition) is 2. The zero-order chi connectivity index (χ0) is 10.3. The van der Waals surface area contributed by atoms with Gasteiger partial charge in [-0.15, -0.1) is 0 Å². The Bertz CT molecular complexity index is 273. The molecule has 3 aliphatic rings. The Morgan fingerprint density at radius 3 is 2.79 bits per heavy atom. The van der Waals surface area contributed by atoms with Crippen molar-refractivity contribution < 1.29 is 14.7 Å². The van der Waals surface area contributed by atoms with Gasteiger partial charge in [-0.05, 0) is 18.8 Å². The highest BCUT2D eigenvalue weighted by Crippen LogP contribution is 2.40. The molecule has 3 fully saturated rings.